The first kappa shape index (κ1) is 55.2. The molecule has 3 unspecified atom stereocenters. The summed E-state index contributed by atoms with van der Waals surface area (Å²) in [6, 6.07) is 0. The lowest BCUT2D eigenvalue weighted by Gasteiger charge is -2.20. The molecule has 1 saturated heterocycles. The van der Waals surface area contributed by atoms with Gasteiger partial charge in [-0.1, -0.05) is 173 Å². The van der Waals surface area contributed by atoms with E-state index in [-0.39, 0.29) is 19.4 Å². The molecule has 0 saturated carbocycles. The predicted octanol–water partition coefficient (Wildman–Crippen LogP) is 11.6. The Morgan fingerprint density at radius 2 is 1.20 bits per heavy atom. The average molecular weight is 857 g/mol. The van der Waals surface area contributed by atoms with Crippen LogP contribution in [0.5, 0.6) is 0 Å². The summed E-state index contributed by atoms with van der Waals surface area (Å²) >= 11 is 0. The third kappa shape index (κ3) is 36.5. The first-order valence-corrected chi connectivity index (χ1v) is 24.9. The van der Waals surface area contributed by atoms with Crippen LogP contribution in [0.25, 0.3) is 0 Å². The van der Waals surface area contributed by atoms with Gasteiger partial charge in [0.15, 0.2) is 6.10 Å². The van der Waals surface area contributed by atoms with E-state index in [4.69, 9.17) is 28.4 Å². The van der Waals surface area contributed by atoms with E-state index in [1.807, 2.05) is 6.08 Å². The summed E-state index contributed by atoms with van der Waals surface area (Å²) in [5.74, 6) is -0.166. The van der Waals surface area contributed by atoms with Gasteiger partial charge in [-0.15, -0.1) is 0 Å². The van der Waals surface area contributed by atoms with Crippen molar-refractivity contribution in [2.24, 2.45) is 5.92 Å². The molecule has 0 spiro atoms. The number of hydrogen-bond donors (Lipinski definition) is 3. The lowest BCUT2D eigenvalue weighted by atomic mass is 10.0. The summed E-state index contributed by atoms with van der Waals surface area (Å²) in [5, 5.41) is 18.4. The SMILES string of the molecule is CCCCCC1OC1C/C=C\C/C=C\C/C=C\CCCC(=O)OC[C@H](COP(=O)(O)OC[C@@H](O)CO)OC(=O)CCCCCCCCCCCCCCCCCC(C)C. The van der Waals surface area contributed by atoms with Crippen LogP contribution in [0.4, 0.5) is 0 Å². The molecular weight excluding hydrogens is 771 g/mol. The van der Waals surface area contributed by atoms with Crippen molar-refractivity contribution in [2.45, 2.75) is 219 Å². The Morgan fingerprint density at radius 1 is 0.661 bits per heavy atom. The Labute approximate surface area is 358 Å². The van der Waals surface area contributed by atoms with Crippen LogP contribution in [0.2, 0.25) is 0 Å². The predicted molar refractivity (Wildman–Crippen MR) is 237 cm³/mol. The van der Waals surface area contributed by atoms with Crippen molar-refractivity contribution in [2.75, 3.05) is 26.4 Å². The van der Waals surface area contributed by atoms with E-state index >= 15 is 0 Å². The molecule has 1 fully saturated rings. The van der Waals surface area contributed by atoms with Crippen molar-refractivity contribution in [3.8, 4) is 0 Å². The third-order valence-electron chi connectivity index (χ3n) is 10.4. The smallest absolute Gasteiger partial charge is 0.462 e. The van der Waals surface area contributed by atoms with Crippen LogP contribution in [-0.4, -0.2) is 77.9 Å². The average Bonchev–Trinajstić information content (AvgIpc) is 3.97. The van der Waals surface area contributed by atoms with E-state index < -0.39 is 51.8 Å². The fraction of sp³-hybridized carbons (Fsp3) is 0.830. The largest absolute Gasteiger partial charge is 0.472 e. The quantitative estimate of drug-likeness (QED) is 0.0176. The molecule has 59 heavy (non-hydrogen) atoms. The number of carbonyl (C=O) groups excluding carboxylic acids is 2. The molecule has 1 aliphatic heterocycles. The molecule has 5 atom stereocenters. The number of hydrogen-bond acceptors (Lipinski definition) is 10. The molecule has 1 aliphatic rings. The van der Waals surface area contributed by atoms with Crippen molar-refractivity contribution in [1.82, 2.24) is 0 Å². The van der Waals surface area contributed by atoms with Crippen molar-refractivity contribution in [3.63, 3.8) is 0 Å². The number of ether oxygens (including phenoxy) is 3. The maximum Gasteiger partial charge on any atom is 0.472 e. The fourth-order valence-corrected chi connectivity index (χ4v) is 7.47. The van der Waals surface area contributed by atoms with E-state index in [1.165, 1.54) is 103 Å². The van der Waals surface area contributed by atoms with Crippen LogP contribution in [0, 0.1) is 5.92 Å². The number of unbranched alkanes of at least 4 members (excludes halogenated alkanes) is 17. The third-order valence-corrected chi connectivity index (χ3v) is 11.4. The summed E-state index contributed by atoms with van der Waals surface area (Å²) < 4.78 is 38.5. The summed E-state index contributed by atoms with van der Waals surface area (Å²) in [5.41, 5.74) is 0. The van der Waals surface area contributed by atoms with E-state index in [0.29, 0.717) is 31.5 Å². The monoisotopic (exact) mass is 857 g/mol. The Morgan fingerprint density at radius 3 is 1.80 bits per heavy atom. The second-order valence-electron chi connectivity index (χ2n) is 16.6. The van der Waals surface area contributed by atoms with Gasteiger partial charge in [0.2, 0.25) is 0 Å². The van der Waals surface area contributed by atoms with Gasteiger partial charge < -0.3 is 29.3 Å². The summed E-state index contributed by atoms with van der Waals surface area (Å²) in [6.45, 7) is 4.64. The zero-order chi connectivity index (χ0) is 43.2. The fourth-order valence-electron chi connectivity index (χ4n) is 6.68. The number of phosphoric ester groups is 1. The van der Waals surface area contributed by atoms with Crippen LogP contribution < -0.4 is 0 Å². The maximum atomic E-state index is 12.6. The minimum absolute atomic E-state index is 0.163. The van der Waals surface area contributed by atoms with Crippen molar-refractivity contribution in [3.05, 3.63) is 36.5 Å². The number of allylic oxidation sites excluding steroid dienone is 5. The van der Waals surface area contributed by atoms with Crippen molar-refractivity contribution >= 4 is 19.8 Å². The second kappa shape index (κ2) is 37.9. The highest BCUT2D eigenvalue weighted by Gasteiger charge is 2.36. The Bertz CT molecular complexity index is 1160. The molecule has 1 heterocycles. The highest BCUT2D eigenvalue weighted by Crippen LogP contribution is 2.43. The highest BCUT2D eigenvalue weighted by molar-refractivity contribution is 7.47. The molecule has 0 aliphatic carbocycles. The van der Waals surface area contributed by atoms with Crippen LogP contribution in [0.3, 0.4) is 0 Å². The number of rotatable bonds is 42. The van der Waals surface area contributed by atoms with E-state index in [0.717, 1.165) is 44.4 Å². The van der Waals surface area contributed by atoms with Gasteiger partial charge in [0.25, 0.3) is 0 Å². The molecule has 0 aromatic rings. The number of phosphoric acid groups is 1. The van der Waals surface area contributed by atoms with Gasteiger partial charge in [-0.25, -0.2) is 4.57 Å². The standard InChI is InChI=1S/C47H85O11P/c1-4-5-27-33-44-45(58-44)34-29-24-20-16-13-14-17-21-25-30-35-46(50)54-39-43(40-56-59(52,53)55-38-42(49)37-48)57-47(51)36-31-26-22-18-12-10-8-6-7-9-11-15-19-23-28-32-41(2)3/h13,16-17,21,24,29,41-45,48-49H,4-12,14-15,18-20,22-23,25-28,30-40H2,1-3H3,(H,52,53)/b16-13-,21-17-,29-24-/t42-,43+,44?,45?/m0/s1. The first-order chi connectivity index (χ1) is 28.6. The molecule has 0 amide bonds. The first-order valence-electron chi connectivity index (χ1n) is 23.4. The maximum absolute atomic E-state index is 12.6. The van der Waals surface area contributed by atoms with Gasteiger partial charge >= 0.3 is 19.8 Å². The number of carbonyl (C=O) groups is 2. The molecule has 3 N–H and O–H groups in total. The Kier molecular flexibility index (Phi) is 35.4. The lowest BCUT2D eigenvalue weighted by Crippen LogP contribution is -2.29. The molecule has 1 rings (SSSR count). The van der Waals surface area contributed by atoms with Gasteiger partial charge in [0, 0.05) is 12.8 Å². The molecule has 0 aromatic carbocycles. The summed E-state index contributed by atoms with van der Waals surface area (Å²) in [6.07, 6.45) is 40.1. The minimum Gasteiger partial charge on any atom is -0.462 e. The molecular formula is C47H85O11P. The molecule has 11 nitrogen and oxygen atoms in total. The van der Waals surface area contributed by atoms with Gasteiger partial charge in [-0.3, -0.25) is 18.6 Å². The van der Waals surface area contributed by atoms with Crippen LogP contribution in [0.1, 0.15) is 194 Å². The molecule has 0 radical (unpaired) electrons. The van der Waals surface area contributed by atoms with Crippen LogP contribution in [-0.2, 0) is 37.4 Å². The van der Waals surface area contributed by atoms with Gasteiger partial charge in [-0.05, 0) is 50.9 Å². The number of aliphatic hydroxyl groups is 2. The number of esters is 2. The topological polar surface area (TPSA) is 161 Å². The summed E-state index contributed by atoms with van der Waals surface area (Å²) in [4.78, 5) is 35.1. The lowest BCUT2D eigenvalue weighted by molar-refractivity contribution is -0.161. The van der Waals surface area contributed by atoms with Crippen LogP contribution >= 0.6 is 7.82 Å². The Balaban J connectivity index is 2.24. The van der Waals surface area contributed by atoms with Gasteiger partial charge in [0.05, 0.1) is 32.0 Å². The number of epoxide rings is 1. The zero-order valence-electron chi connectivity index (χ0n) is 37.3. The van der Waals surface area contributed by atoms with Crippen LogP contribution in [0.15, 0.2) is 36.5 Å². The van der Waals surface area contributed by atoms with Crippen molar-refractivity contribution in [1.29, 1.82) is 0 Å². The molecule has 0 aromatic heterocycles. The highest BCUT2D eigenvalue weighted by atomic mass is 31.2. The molecule has 344 valence electrons. The van der Waals surface area contributed by atoms with E-state index in [9.17, 15) is 24.2 Å². The van der Waals surface area contributed by atoms with E-state index in [2.05, 4.69) is 51.2 Å². The second-order valence-corrected chi connectivity index (χ2v) is 18.1. The van der Waals surface area contributed by atoms with Gasteiger partial charge in [-0.2, -0.15) is 0 Å². The summed E-state index contributed by atoms with van der Waals surface area (Å²) in [7, 11) is -4.63. The molecule has 12 heteroatoms. The normalized spacial score (nSPS) is 17.6. The zero-order valence-corrected chi connectivity index (χ0v) is 38.2. The minimum atomic E-state index is -4.63. The van der Waals surface area contributed by atoms with Crippen molar-refractivity contribution < 1.29 is 52.5 Å². The Hall–Kier alpha value is -1.85. The van der Waals surface area contributed by atoms with E-state index in [1.54, 1.807) is 0 Å². The molecule has 0 bridgehead atoms. The van der Waals surface area contributed by atoms with Gasteiger partial charge in [0.1, 0.15) is 12.7 Å². The number of aliphatic hydroxyl groups excluding tert-OH is 2.